The molecule has 16 heavy (non-hydrogen) atoms. The first-order chi connectivity index (χ1) is 7.43. The van der Waals surface area contributed by atoms with Crippen LogP contribution in [0.3, 0.4) is 0 Å². The van der Waals surface area contributed by atoms with E-state index in [2.05, 4.69) is 14.2 Å². The van der Waals surface area contributed by atoms with Crippen LogP contribution in [0.25, 0.3) is 0 Å². The number of hydrogen-bond donors (Lipinski definition) is 1. The van der Waals surface area contributed by atoms with Crippen LogP contribution in [0.5, 0.6) is 0 Å². The van der Waals surface area contributed by atoms with E-state index >= 15 is 0 Å². The van der Waals surface area contributed by atoms with Crippen LogP contribution in [0.1, 0.15) is 0 Å². The van der Waals surface area contributed by atoms with Gasteiger partial charge in [-0.1, -0.05) is 0 Å². The molecule has 7 heteroatoms. The quantitative estimate of drug-likeness (QED) is 0.725. The van der Waals surface area contributed by atoms with Crippen molar-refractivity contribution >= 4 is 5.78 Å². The second-order valence-corrected chi connectivity index (χ2v) is 2.87. The van der Waals surface area contributed by atoms with E-state index in [4.69, 9.17) is 0 Å². The molecule has 0 amide bonds. The van der Waals surface area contributed by atoms with E-state index in [9.17, 15) is 18.7 Å². The third-order valence-corrected chi connectivity index (χ3v) is 2.11. The van der Waals surface area contributed by atoms with Crippen molar-refractivity contribution in [3.05, 3.63) is 23.2 Å². The Labute approximate surface area is 89.9 Å². The first kappa shape index (κ1) is 12.6. The van der Waals surface area contributed by atoms with Gasteiger partial charge in [0, 0.05) is 7.11 Å². The van der Waals surface area contributed by atoms with Gasteiger partial charge in [-0.25, -0.2) is 4.39 Å². The van der Waals surface area contributed by atoms with Gasteiger partial charge >= 0.3 is 0 Å². The standard InChI is InChI=1S/C9H10F2O5/c1-14-5-4(10)8(12)9(13,16-3)7(11)6(5)15-2/h13H,1-3H3. The van der Waals surface area contributed by atoms with Crippen molar-refractivity contribution in [3.63, 3.8) is 0 Å². The highest BCUT2D eigenvalue weighted by molar-refractivity contribution is 6.03. The van der Waals surface area contributed by atoms with E-state index in [0.29, 0.717) is 0 Å². The molecule has 0 heterocycles. The topological polar surface area (TPSA) is 65.0 Å². The Bertz CT molecular complexity index is 387. The molecular weight excluding hydrogens is 226 g/mol. The summed E-state index contributed by atoms with van der Waals surface area (Å²) in [7, 11) is 2.93. The molecule has 1 unspecified atom stereocenters. The van der Waals surface area contributed by atoms with Crippen LogP contribution in [0.2, 0.25) is 0 Å². The smallest absolute Gasteiger partial charge is 0.292 e. The number of methoxy groups -OCH3 is 3. The van der Waals surface area contributed by atoms with Crippen molar-refractivity contribution in [2.75, 3.05) is 21.3 Å². The Kier molecular flexibility index (Phi) is 3.30. The first-order valence-corrected chi connectivity index (χ1v) is 4.14. The summed E-state index contributed by atoms with van der Waals surface area (Å²) >= 11 is 0. The molecule has 0 fully saturated rings. The molecule has 1 N–H and O–H groups in total. The van der Waals surface area contributed by atoms with Crippen molar-refractivity contribution in [3.8, 4) is 0 Å². The zero-order valence-electron chi connectivity index (χ0n) is 8.84. The van der Waals surface area contributed by atoms with Crippen molar-refractivity contribution in [2.24, 2.45) is 0 Å². The number of carbonyl (C=O) groups is 1. The van der Waals surface area contributed by atoms with E-state index in [0.717, 1.165) is 21.3 Å². The van der Waals surface area contributed by atoms with Crippen LogP contribution >= 0.6 is 0 Å². The Morgan fingerprint density at radius 2 is 1.62 bits per heavy atom. The SMILES string of the molecule is COC1=C(F)C(=O)C(O)(OC)C(F)=C1OC. The predicted octanol–water partition coefficient (Wildman–Crippen LogP) is 0.559. The summed E-state index contributed by atoms with van der Waals surface area (Å²) in [4.78, 5) is 11.3. The molecule has 0 saturated carbocycles. The van der Waals surface area contributed by atoms with Gasteiger partial charge in [0.2, 0.25) is 23.2 Å². The molecule has 5 nitrogen and oxygen atoms in total. The van der Waals surface area contributed by atoms with Crippen molar-refractivity contribution in [1.29, 1.82) is 0 Å². The van der Waals surface area contributed by atoms with E-state index in [1.54, 1.807) is 0 Å². The summed E-state index contributed by atoms with van der Waals surface area (Å²) in [5, 5.41) is 9.49. The monoisotopic (exact) mass is 236 g/mol. The number of rotatable bonds is 3. The molecule has 0 saturated heterocycles. The average molecular weight is 236 g/mol. The van der Waals surface area contributed by atoms with E-state index < -0.39 is 34.7 Å². The fourth-order valence-corrected chi connectivity index (χ4v) is 1.25. The molecule has 0 radical (unpaired) electrons. The second-order valence-electron chi connectivity index (χ2n) is 2.87. The second kappa shape index (κ2) is 4.18. The number of Topliss-reactive ketones (excluding diaryl/α,β-unsaturated/α-hetero) is 1. The Hall–Kier alpha value is -1.47. The van der Waals surface area contributed by atoms with Gasteiger partial charge < -0.3 is 19.3 Å². The third-order valence-electron chi connectivity index (χ3n) is 2.11. The Morgan fingerprint density at radius 1 is 1.12 bits per heavy atom. The van der Waals surface area contributed by atoms with Gasteiger partial charge in [-0.05, 0) is 0 Å². The zero-order valence-corrected chi connectivity index (χ0v) is 8.84. The predicted molar refractivity (Wildman–Crippen MR) is 47.3 cm³/mol. The lowest BCUT2D eigenvalue weighted by atomic mass is 10.0. The highest BCUT2D eigenvalue weighted by Gasteiger charge is 2.52. The molecule has 0 bridgehead atoms. The summed E-state index contributed by atoms with van der Waals surface area (Å²) in [6, 6.07) is 0. The van der Waals surface area contributed by atoms with Gasteiger partial charge in [-0.3, -0.25) is 4.79 Å². The normalized spacial score (nSPS) is 26.2. The molecule has 0 aromatic heterocycles. The molecule has 0 aromatic carbocycles. The third kappa shape index (κ3) is 1.48. The number of hydrogen-bond acceptors (Lipinski definition) is 5. The lowest BCUT2D eigenvalue weighted by Crippen LogP contribution is -2.45. The molecule has 0 spiro atoms. The first-order valence-electron chi connectivity index (χ1n) is 4.14. The van der Waals surface area contributed by atoms with E-state index in [1.807, 2.05) is 0 Å². The highest BCUT2D eigenvalue weighted by Crippen LogP contribution is 2.37. The van der Waals surface area contributed by atoms with Crippen molar-refractivity contribution in [2.45, 2.75) is 5.79 Å². The maximum absolute atomic E-state index is 13.6. The fraction of sp³-hybridized carbons (Fsp3) is 0.444. The highest BCUT2D eigenvalue weighted by atomic mass is 19.1. The molecule has 0 aliphatic heterocycles. The summed E-state index contributed by atoms with van der Waals surface area (Å²) in [6.07, 6.45) is 0. The number of carbonyl (C=O) groups excluding carboxylic acids is 1. The minimum Gasteiger partial charge on any atom is -0.490 e. The molecule has 1 aliphatic carbocycles. The average Bonchev–Trinajstić information content (AvgIpc) is 2.30. The van der Waals surface area contributed by atoms with Crippen LogP contribution < -0.4 is 0 Å². The zero-order chi connectivity index (χ0) is 12.5. The molecule has 90 valence electrons. The van der Waals surface area contributed by atoms with Gasteiger partial charge in [0.25, 0.3) is 11.6 Å². The summed E-state index contributed by atoms with van der Waals surface area (Å²) in [5.41, 5.74) is 0. The number of ether oxygens (including phenoxy) is 3. The van der Waals surface area contributed by atoms with Crippen LogP contribution in [-0.2, 0) is 19.0 Å². The number of ketones is 1. The minimum absolute atomic E-state index is 0.716. The molecular formula is C9H10F2O5. The summed E-state index contributed by atoms with van der Waals surface area (Å²) in [6.45, 7) is 0. The molecule has 1 aliphatic rings. The van der Waals surface area contributed by atoms with E-state index in [-0.39, 0.29) is 0 Å². The maximum Gasteiger partial charge on any atom is 0.292 e. The minimum atomic E-state index is -3.00. The lowest BCUT2D eigenvalue weighted by Gasteiger charge is -2.28. The maximum atomic E-state index is 13.6. The largest absolute Gasteiger partial charge is 0.490 e. The van der Waals surface area contributed by atoms with Gasteiger partial charge in [0.15, 0.2) is 0 Å². The molecule has 0 aromatic rings. The van der Waals surface area contributed by atoms with Crippen LogP contribution in [0.15, 0.2) is 23.2 Å². The number of aliphatic hydroxyl groups is 1. The lowest BCUT2D eigenvalue weighted by molar-refractivity contribution is -0.185. The van der Waals surface area contributed by atoms with Gasteiger partial charge in [-0.15, -0.1) is 0 Å². The van der Waals surface area contributed by atoms with Crippen LogP contribution in [0, 0.1) is 0 Å². The fourth-order valence-electron chi connectivity index (χ4n) is 1.25. The van der Waals surface area contributed by atoms with Crippen molar-refractivity contribution < 1.29 is 32.9 Å². The Morgan fingerprint density at radius 3 is 2.00 bits per heavy atom. The summed E-state index contributed by atoms with van der Waals surface area (Å²) in [5.74, 6) is -8.94. The van der Waals surface area contributed by atoms with Crippen molar-refractivity contribution in [1.82, 2.24) is 0 Å². The van der Waals surface area contributed by atoms with Gasteiger partial charge in [-0.2, -0.15) is 4.39 Å². The Balaban J connectivity index is 3.45. The van der Waals surface area contributed by atoms with Crippen LogP contribution in [0.4, 0.5) is 8.78 Å². The van der Waals surface area contributed by atoms with Crippen LogP contribution in [-0.4, -0.2) is 38.0 Å². The molecule has 1 rings (SSSR count). The summed E-state index contributed by atoms with van der Waals surface area (Å²) < 4.78 is 40.3. The van der Waals surface area contributed by atoms with E-state index in [1.165, 1.54) is 0 Å². The van der Waals surface area contributed by atoms with Gasteiger partial charge in [0.05, 0.1) is 14.2 Å². The van der Waals surface area contributed by atoms with Gasteiger partial charge in [0.1, 0.15) is 0 Å². The molecule has 1 atom stereocenters. The number of halogens is 2.